The van der Waals surface area contributed by atoms with Crippen LogP contribution in [0.15, 0.2) is 53.0 Å². The first-order valence-corrected chi connectivity index (χ1v) is 8.45. The molecule has 1 N–H and O–H groups in total. The average Bonchev–Trinajstić information content (AvgIpc) is 3.01. The molecular weight excluding hydrogens is 384 g/mol. The van der Waals surface area contributed by atoms with E-state index in [1.54, 1.807) is 11.8 Å². The second-order valence-electron chi connectivity index (χ2n) is 5.53. The van der Waals surface area contributed by atoms with Crippen LogP contribution in [0.3, 0.4) is 0 Å². The largest absolute Gasteiger partial charge is 0.378 e. The first-order valence-electron chi connectivity index (χ1n) is 7.66. The first kappa shape index (κ1) is 17.3. The van der Waals surface area contributed by atoms with Gasteiger partial charge in [0, 0.05) is 17.3 Å². The van der Waals surface area contributed by atoms with Crippen molar-refractivity contribution < 1.29 is 9.53 Å². The number of anilines is 1. The lowest BCUT2D eigenvalue weighted by atomic mass is 10.2. The smallest absolute Gasteiger partial charge is 0.278 e. The maximum absolute atomic E-state index is 12.6. The third kappa shape index (κ3) is 3.94. The van der Waals surface area contributed by atoms with E-state index >= 15 is 0 Å². The van der Waals surface area contributed by atoms with E-state index < -0.39 is 0 Å². The molecule has 3 rings (SSSR count). The van der Waals surface area contributed by atoms with Gasteiger partial charge in [-0.05, 0) is 48.9 Å². The quantitative estimate of drug-likeness (QED) is 0.707. The van der Waals surface area contributed by atoms with E-state index in [2.05, 4.69) is 31.6 Å². The fourth-order valence-electron chi connectivity index (χ4n) is 2.43. The predicted molar refractivity (Wildman–Crippen MR) is 98.9 cm³/mol. The minimum absolute atomic E-state index is 0.226. The van der Waals surface area contributed by atoms with E-state index in [0.717, 1.165) is 15.7 Å². The van der Waals surface area contributed by atoms with Crippen molar-refractivity contribution in [3.8, 4) is 5.69 Å². The summed E-state index contributed by atoms with van der Waals surface area (Å²) in [6.07, 6.45) is 0. The summed E-state index contributed by atoms with van der Waals surface area (Å²) in [6, 6.07) is 15.2. The molecule has 128 valence electrons. The molecule has 0 bridgehead atoms. The molecule has 0 spiro atoms. The summed E-state index contributed by atoms with van der Waals surface area (Å²) in [7, 11) is 1.57. The van der Waals surface area contributed by atoms with Gasteiger partial charge in [-0.1, -0.05) is 33.3 Å². The number of hydrogen-bond donors (Lipinski definition) is 1. The van der Waals surface area contributed by atoms with Crippen molar-refractivity contribution in [1.82, 2.24) is 15.0 Å². The Bertz CT molecular complexity index is 890. The Hall–Kier alpha value is -2.51. The van der Waals surface area contributed by atoms with Gasteiger partial charge in [0.1, 0.15) is 5.69 Å². The summed E-state index contributed by atoms with van der Waals surface area (Å²) in [5.41, 5.74) is 3.45. The van der Waals surface area contributed by atoms with Crippen LogP contribution in [0.5, 0.6) is 0 Å². The fourth-order valence-corrected chi connectivity index (χ4v) is 2.70. The maximum Gasteiger partial charge on any atom is 0.278 e. The van der Waals surface area contributed by atoms with Crippen molar-refractivity contribution in [3.05, 3.63) is 70.0 Å². The highest BCUT2D eigenvalue weighted by atomic mass is 79.9. The molecule has 0 aliphatic rings. The van der Waals surface area contributed by atoms with Crippen molar-refractivity contribution in [2.24, 2.45) is 0 Å². The Morgan fingerprint density at radius 1 is 1.24 bits per heavy atom. The number of amides is 1. The van der Waals surface area contributed by atoms with Gasteiger partial charge in [0.15, 0.2) is 5.69 Å². The molecule has 1 aromatic heterocycles. The standard InChI is InChI=1S/C18H17BrN4O2/c1-12-4-3-5-15(10-12)23-16(11-25-2)17(21-22-23)18(24)20-14-8-6-13(19)7-9-14/h3-10H,11H2,1-2H3,(H,20,24). The predicted octanol–water partition coefficient (Wildman–Crippen LogP) is 3.74. The summed E-state index contributed by atoms with van der Waals surface area (Å²) in [4.78, 5) is 12.6. The molecule has 1 amide bonds. The zero-order chi connectivity index (χ0) is 17.8. The number of hydrogen-bond acceptors (Lipinski definition) is 4. The van der Waals surface area contributed by atoms with Crippen LogP contribution >= 0.6 is 15.9 Å². The molecular formula is C18H17BrN4O2. The number of aryl methyl sites for hydroxylation is 1. The third-order valence-electron chi connectivity index (χ3n) is 3.61. The van der Waals surface area contributed by atoms with Crippen LogP contribution in [-0.2, 0) is 11.3 Å². The molecule has 0 radical (unpaired) electrons. The fraction of sp³-hybridized carbons (Fsp3) is 0.167. The van der Waals surface area contributed by atoms with Gasteiger partial charge < -0.3 is 10.1 Å². The highest BCUT2D eigenvalue weighted by molar-refractivity contribution is 9.10. The van der Waals surface area contributed by atoms with Crippen LogP contribution in [-0.4, -0.2) is 28.0 Å². The lowest BCUT2D eigenvalue weighted by molar-refractivity contribution is 0.101. The Balaban J connectivity index is 1.93. The Morgan fingerprint density at radius 3 is 2.68 bits per heavy atom. The average molecular weight is 401 g/mol. The van der Waals surface area contributed by atoms with Crippen LogP contribution in [0.2, 0.25) is 0 Å². The summed E-state index contributed by atoms with van der Waals surface area (Å²) in [5, 5.41) is 11.0. The maximum atomic E-state index is 12.6. The molecule has 0 atom stereocenters. The lowest BCUT2D eigenvalue weighted by Crippen LogP contribution is -2.16. The monoisotopic (exact) mass is 400 g/mol. The number of benzene rings is 2. The van der Waals surface area contributed by atoms with Gasteiger partial charge in [-0.25, -0.2) is 4.68 Å². The van der Waals surface area contributed by atoms with E-state index in [9.17, 15) is 4.79 Å². The zero-order valence-electron chi connectivity index (χ0n) is 13.9. The van der Waals surface area contributed by atoms with E-state index in [4.69, 9.17) is 4.74 Å². The number of aromatic nitrogens is 3. The SMILES string of the molecule is COCc1c(C(=O)Nc2ccc(Br)cc2)nnn1-c1cccc(C)c1. The second-order valence-corrected chi connectivity index (χ2v) is 6.45. The lowest BCUT2D eigenvalue weighted by Gasteiger charge is -2.08. The number of carbonyl (C=O) groups excluding carboxylic acids is 1. The van der Waals surface area contributed by atoms with Crippen molar-refractivity contribution in [2.45, 2.75) is 13.5 Å². The zero-order valence-corrected chi connectivity index (χ0v) is 15.4. The molecule has 0 unspecified atom stereocenters. The van der Waals surface area contributed by atoms with Gasteiger partial charge in [0.05, 0.1) is 12.3 Å². The minimum Gasteiger partial charge on any atom is -0.378 e. The number of nitrogens with one attached hydrogen (secondary N) is 1. The molecule has 0 saturated carbocycles. The molecule has 25 heavy (non-hydrogen) atoms. The molecule has 1 heterocycles. The van der Waals surface area contributed by atoms with Crippen LogP contribution in [0.25, 0.3) is 5.69 Å². The van der Waals surface area contributed by atoms with Crippen molar-refractivity contribution in [3.63, 3.8) is 0 Å². The Kier molecular flexibility index (Phi) is 5.25. The second kappa shape index (κ2) is 7.58. The van der Waals surface area contributed by atoms with Gasteiger partial charge in [-0.15, -0.1) is 5.10 Å². The number of methoxy groups -OCH3 is 1. The topological polar surface area (TPSA) is 69.0 Å². The molecule has 6 nitrogen and oxygen atoms in total. The summed E-state index contributed by atoms with van der Waals surface area (Å²) in [5.74, 6) is -0.326. The highest BCUT2D eigenvalue weighted by Gasteiger charge is 2.20. The Morgan fingerprint density at radius 2 is 2.00 bits per heavy atom. The van der Waals surface area contributed by atoms with Gasteiger partial charge >= 0.3 is 0 Å². The van der Waals surface area contributed by atoms with Gasteiger partial charge in [-0.2, -0.15) is 0 Å². The van der Waals surface area contributed by atoms with E-state index in [1.807, 2.05) is 55.5 Å². The molecule has 0 aliphatic carbocycles. The normalized spacial score (nSPS) is 10.7. The molecule has 2 aromatic carbocycles. The van der Waals surface area contributed by atoms with Crippen molar-refractivity contribution >= 4 is 27.5 Å². The van der Waals surface area contributed by atoms with Gasteiger partial charge in [0.25, 0.3) is 5.91 Å². The number of nitrogens with zero attached hydrogens (tertiary/aromatic N) is 3. The molecule has 0 aliphatic heterocycles. The number of carbonyl (C=O) groups is 1. The molecule has 0 fully saturated rings. The van der Waals surface area contributed by atoms with E-state index in [-0.39, 0.29) is 18.2 Å². The minimum atomic E-state index is -0.326. The number of rotatable bonds is 5. The molecule has 3 aromatic rings. The van der Waals surface area contributed by atoms with Gasteiger partial charge in [-0.3, -0.25) is 4.79 Å². The number of ether oxygens (including phenoxy) is 1. The third-order valence-corrected chi connectivity index (χ3v) is 4.14. The van der Waals surface area contributed by atoms with Crippen LogP contribution in [0, 0.1) is 6.92 Å². The van der Waals surface area contributed by atoms with Crippen molar-refractivity contribution in [2.75, 3.05) is 12.4 Å². The number of halogens is 1. The van der Waals surface area contributed by atoms with E-state index in [1.165, 1.54) is 0 Å². The van der Waals surface area contributed by atoms with Crippen molar-refractivity contribution in [1.29, 1.82) is 0 Å². The summed E-state index contributed by atoms with van der Waals surface area (Å²) < 4.78 is 7.82. The molecule has 7 heteroatoms. The highest BCUT2D eigenvalue weighted by Crippen LogP contribution is 2.18. The van der Waals surface area contributed by atoms with Gasteiger partial charge in [0.2, 0.25) is 0 Å². The van der Waals surface area contributed by atoms with Crippen LogP contribution in [0.1, 0.15) is 21.7 Å². The van der Waals surface area contributed by atoms with Crippen LogP contribution < -0.4 is 5.32 Å². The first-order chi connectivity index (χ1) is 12.1. The summed E-state index contributed by atoms with van der Waals surface area (Å²) >= 11 is 3.37. The van der Waals surface area contributed by atoms with E-state index in [0.29, 0.717) is 11.4 Å². The van der Waals surface area contributed by atoms with Crippen LogP contribution in [0.4, 0.5) is 5.69 Å². The molecule has 0 saturated heterocycles. The summed E-state index contributed by atoms with van der Waals surface area (Å²) in [6.45, 7) is 2.22. The Labute approximate surface area is 153 Å².